The fourth-order valence-electron chi connectivity index (χ4n) is 3.79. The molecule has 0 spiro atoms. The molecule has 0 saturated carbocycles. The van der Waals surface area contributed by atoms with Gasteiger partial charge in [-0.1, -0.05) is 42.1 Å². The Morgan fingerprint density at radius 1 is 1.16 bits per heavy atom. The number of aromatic nitrogens is 3. The molecule has 1 aromatic heterocycles. The first-order chi connectivity index (χ1) is 15.4. The van der Waals surface area contributed by atoms with E-state index >= 15 is 0 Å². The number of rotatable bonds is 6. The van der Waals surface area contributed by atoms with Crippen molar-refractivity contribution in [3.05, 3.63) is 59.4 Å². The van der Waals surface area contributed by atoms with Gasteiger partial charge in [0.05, 0.1) is 17.5 Å². The van der Waals surface area contributed by atoms with Gasteiger partial charge in [0.25, 0.3) is 5.91 Å². The number of carbonyl (C=O) groups is 2. The van der Waals surface area contributed by atoms with E-state index in [4.69, 9.17) is 4.74 Å². The smallest absolute Gasteiger partial charge is 0.265 e. The van der Waals surface area contributed by atoms with Crippen molar-refractivity contribution in [1.82, 2.24) is 14.8 Å². The van der Waals surface area contributed by atoms with Crippen LogP contribution in [0.25, 0.3) is 0 Å². The number of hydrogen-bond acceptors (Lipinski definition) is 6. The Labute approximate surface area is 191 Å². The fraction of sp³-hybridized carbons (Fsp3) is 0.304. The highest BCUT2D eigenvalue weighted by Gasteiger charge is 2.32. The molecule has 1 aliphatic heterocycles. The summed E-state index contributed by atoms with van der Waals surface area (Å²) in [5.41, 5.74) is 3.60. The van der Waals surface area contributed by atoms with E-state index in [0.29, 0.717) is 22.4 Å². The lowest BCUT2D eigenvalue weighted by Crippen LogP contribution is -2.41. The van der Waals surface area contributed by atoms with Gasteiger partial charge in [0.2, 0.25) is 5.91 Å². The summed E-state index contributed by atoms with van der Waals surface area (Å²) in [7, 11) is 1.84. The van der Waals surface area contributed by atoms with Gasteiger partial charge in [-0.05, 0) is 44.0 Å². The molecule has 1 atom stereocenters. The van der Waals surface area contributed by atoms with Crippen molar-refractivity contribution in [1.29, 1.82) is 0 Å². The zero-order chi connectivity index (χ0) is 22.8. The third kappa shape index (κ3) is 4.20. The Morgan fingerprint density at radius 2 is 1.88 bits per heavy atom. The minimum absolute atomic E-state index is 0.0146. The topological polar surface area (TPSA) is 89.3 Å². The predicted octanol–water partition coefficient (Wildman–Crippen LogP) is 3.65. The van der Waals surface area contributed by atoms with Crippen LogP contribution in [-0.4, -0.2) is 38.9 Å². The molecule has 3 aromatic rings. The van der Waals surface area contributed by atoms with Gasteiger partial charge in [0, 0.05) is 12.7 Å². The van der Waals surface area contributed by atoms with Gasteiger partial charge >= 0.3 is 0 Å². The number of aryl methyl sites for hydroxylation is 2. The lowest BCUT2D eigenvalue weighted by Gasteiger charge is -2.33. The largest absolute Gasteiger partial charge is 0.482 e. The standard InChI is InChI=1S/C23H25N5O3S/c1-14-8-7-9-15(2)21(14)24-19(29)13-32-23-26-25-22(27(23)4)16(3)28-17-10-5-6-11-18(17)31-12-20(28)30/h5-11,16H,12-13H2,1-4H3,(H,24,29)/t16-/m0/s1. The first kappa shape index (κ1) is 21.9. The SMILES string of the molecule is Cc1cccc(C)c1NC(=O)CSc1nnc([C@H](C)N2C(=O)COc3ccccc32)n1C. The predicted molar refractivity (Wildman–Crippen MR) is 124 cm³/mol. The van der Waals surface area contributed by atoms with E-state index in [1.165, 1.54) is 11.8 Å². The molecule has 2 aromatic carbocycles. The molecule has 0 radical (unpaired) electrons. The number of nitrogens with zero attached hydrogens (tertiary/aromatic N) is 4. The lowest BCUT2D eigenvalue weighted by molar-refractivity contribution is -0.121. The third-order valence-corrected chi connectivity index (χ3v) is 6.47. The van der Waals surface area contributed by atoms with Gasteiger partial charge in [-0.3, -0.25) is 14.5 Å². The van der Waals surface area contributed by atoms with Crippen LogP contribution in [0.2, 0.25) is 0 Å². The molecule has 4 rings (SSSR count). The number of hydrogen-bond donors (Lipinski definition) is 1. The van der Waals surface area contributed by atoms with Crippen LogP contribution in [0.4, 0.5) is 11.4 Å². The highest BCUT2D eigenvalue weighted by Crippen LogP contribution is 2.37. The summed E-state index contributed by atoms with van der Waals surface area (Å²) in [6.07, 6.45) is 0. The highest BCUT2D eigenvalue weighted by atomic mass is 32.2. The number of ether oxygens (including phenoxy) is 1. The van der Waals surface area contributed by atoms with Crippen LogP contribution in [0.3, 0.4) is 0 Å². The van der Waals surface area contributed by atoms with Crippen molar-refractivity contribution < 1.29 is 14.3 Å². The van der Waals surface area contributed by atoms with E-state index in [2.05, 4.69) is 15.5 Å². The summed E-state index contributed by atoms with van der Waals surface area (Å²) in [6, 6.07) is 13.0. The molecular weight excluding hydrogens is 426 g/mol. The molecular formula is C23H25N5O3S. The summed E-state index contributed by atoms with van der Waals surface area (Å²) in [5.74, 6) is 1.25. The van der Waals surface area contributed by atoms with Crippen LogP contribution in [-0.2, 0) is 16.6 Å². The van der Waals surface area contributed by atoms with E-state index < -0.39 is 0 Å². The van der Waals surface area contributed by atoms with Crippen molar-refractivity contribution >= 4 is 35.0 Å². The van der Waals surface area contributed by atoms with Crippen LogP contribution < -0.4 is 15.0 Å². The summed E-state index contributed by atoms with van der Waals surface area (Å²) in [4.78, 5) is 26.8. The summed E-state index contributed by atoms with van der Waals surface area (Å²) in [5, 5.41) is 12.2. The zero-order valence-electron chi connectivity index (χ0n) is 18.5. The van der Waals surface area contributed by atoms with Crippen LogP contribution >= 0.6 is 11.8 Å². The van der Waals surface area contributed by atoms with Crippen molar-refractivity contribution in [2.45, 2.75) is 32.0 Å². The molecule has 9 heteroatoms. The second kappa shape index (κ2) is 9.04. The molecule has 0 unspecified atom stereocenters. The molecule has 166 valence electrons. The fourth-order valence-corrected chi connectivity index (χ4v) is 4.51. The van der Waals surface area contributed by atoms with Gasteiger partial charge in [-0.25, -0.2) is 0 Å². The monoisotopic (exact) mass is 451 g/mol. The molecule has 0 bridgehead atoms. The third-order valence-electron chi connectivity index (χ3n) is 5.45. The van der Waals surface area contributed by atoms with E-state index in [9.17, 15) is 9.59 Å². The van der Waals surface area contributed by atoms with Crippen LogP contribution in [0, 0.1) is 13.8 Å². The van der Waals surface area contributed by atoms with Crippen molar-refractivity contribution in [2.75, 3.05) is 22.6 Å². The van der Waals surface area contributed by atoms with E-state index in [1.54, 1.807) is 4.90 Å². The molecule has 1 aliphatic rings. The normalized spacial score (nSPS) is 14.0. The first-order valence-corrected chi connectivity index (χ1v) is 11.3. The summed E-state index contributed by atoms with van der Waals surface area (Å²) in [6.45, 7) is 5.83. The Morgan fingerprint density at radius 3 is 2.62 bits per heavy atom. The minimum Gasteiger partial charge on any atom is -0.482 e. The Balaban J connectivity index is 1.47. The average molecular weight is 452 g/mol. The molecule has 1 N–H and O–H groups in total. The number of thioether (sulfide) groups is 1. The number of fused-ring (bicyclic) bond motifs is 1. The second-order valence-corrected chi connectivity index (χ2v) is 8.64. The Kier molecular flexibility index (Phi) is 6.18. The van der Waals surface area contributed by atoms with Gasteiger partial charge in [-0.15, -0.1) is 10.2 Å². The van der Waals surface area contributed by atoms with Gasteiger partial charge in [0.1, 0.15) is 5.75 Å². The maximum absolute atomic E-state index is 12.6. The molecule has 32 heavy (non-hydrogen) atoms. The first-order valence-electron chi connectivity index (χ1n) is 10.3. The number of para-hydroxylation sites is 3. The maximum atomic E-state index is 12.6. The Bertz CT molecular complexity index is 1160. The quantitative estimate of drug-likeness (QED) is 0.576. The van der Waals surface area contributed by atoms with E-state index in [1.807, 2.05) is 74.9 Å². The molecule has 2 amide bonds. The van der Waals surface area contributed by atoms with Crippen LogP contribution in [0.5, 0.6) is 5.75 Å². The number of nitrogens with one attached hydrogen (secondary N) is 1. The highest BCUT2D eigenvalue weighted by molar-refractivity contribution is 7.99. The number of benzene rings is 2. The number of amides is 2. The average Bonchev–Trinajstić information content (AvgIpc) is 3.14. The number of carbonyl (C=O) groups excluding carboxylic acids is 2. The van der Waals surface area contributed by atoms with Crippen molar-refractivity contribution in [3.8, 4) is 5.75 Å². The molecule has 0 fully saturated rings. The van der Waals surface area contributed by atoms with Gasteiger partial charge in [0.15, 0.2) is 17.6 Å². The number of anilines is 2. The lowest BCUT2D eigenvalue weighted by atomic mass is 10.1. The molecule has 8 nitrogen and oxygen atoms in total. The van der Waals surface area contributed by atoms with Crippen molar-refractivity contribution in [3.63, 3.8) is 0 Å². The van der Waals surface area contributed by atoms with E-state index in [-0.39, 0.29) is 30.2 Å². The van der Waals surface area contributed by atoms with E-state index in [0.717, 1.165) is 16.8 Å². The molecule has 2 heterocycles. The van der Waals surface area contributed by atoms with Gasteiger partial charge in [-0.2, -0.15) is 0 Å². The van der Waals surface area contributed by atoms with Crippen LogP contribution in [0.1, 0.15) is 29.9 Å². The van der Waals surface area contributed by atoms with Gasteiger partial charge < -0.3 is 14.6 Å². The summed E-state index contributed by atoms with van der Waals surface area (Å²) < 4.78 is 7.36. The molecule has 0 saturated heterocycles. The minimum atomic E-state index is -0.345. The van der Waals surface area contributed by atoms with Crippen molar-refractivity contribution in [2.24, 2.45) is 7.05 Å². The second-order valence-electron chi connectivity index (χ2n) is 7.70. The Hall–Kier alpha value is -3.33. The van der Waals surface area contributed by atoms with Crippen LogP contribution in [0.15, 0.2) is 47.6 Å². The maximum Gasteiger partial charge on any atom is 0.265 e. The molecule has 0 aliphatic carbocycles. The zero-order valence-corrected chi connectivity index (χ0v) is 19.3. The summed E-state index contributed by atoms with van der Waals surface area (Å²) >= 11 is 1.31.